The lowest BCUT2D eigenvalue weighted by Gasteiger charge is -2.21. The fraction of sp³-hybridized carbons (Fsp3) is 0.421. The first kappa shape index (κ1) is 13.6. The van der Waals surface area contributed by atoms with E-state index >= 15 is 0 Å². The van der Waals surface area contributed by atoms with Gasteiger partial charge in [0.1, 0.15) is 0 Å². The summed E-state index contributed by atoms with van der Waals surface area (Å²) in [5.41, 5.74) is 3.10. The fourth-order valence-electron chi connectivity index (χ4n) is 3.60. The van der Waals surface area contributed by atoms with Crippen molar-refractivity contribution in [3.05, 3.63) is 36.0 Å². The molecule has 0 amide bonds. The number of para-hydroxylation sites is 1. The predicted molar refractivity (Wildman–Crippen MR) is 88.5 cm³/mol. The van der Waals surface area contributed by atoms with Gasteiger partial charge in [-0.2, -0.15) is 0 Å². The smallest absolute Gasteiger partial charge is 0.285 e. The Hall–Kier alpha value is -2.03. The molecule has 2 heterocycles. The number of rotatable bonds is 3. The lowest BCUT2D eigenvalue weighted by molar-refractivity contribution is 0.264. The molecule has 0 N–H and O–H groups in total. The van der Waals surface area contributed by atoms with Crippen molar-refractivity contribution in [1.82, 2.24) is 4.98 Å². The van der Waals surface area contributed by atoms with Gasteiger partial charge in [-0.15, -0.1) is 0 Å². The third kappa shape index (κ3) is 2.25. The predicted octanol–water partition coefficient (Wildman–Crippen LogP) is 5.43. The number of hydrogen-bond acceptors (Lipinski definition) is 3. The minimum atomic E-state index is 0.515. The van der Waals surface area contributed by atoms with Crippen molar-refractivity contribution < 1.29 is 9.15 Å². The maximum atomic E-state index is 6.02. The van der Waals surface area contributed by atoms with Gasteiger partial charge >= 0.3 is 0 Å². The Morgan fingerprint density at radius 3 is 2.77 bits per heavy atom. The van der Waals surface area contributed by atoms with Gasteiger partial charge in [-0.25, -0.2) is 4.98 Å². The summed E-state index contributed by atoms with van der Waals surface area (Å²) < 4.78 is 11.6. The van der Waals surface area contributed by atoms with Crippen molar-refractivity contribution in [3.8, 4) is 5.95 Å². The molecule has 0 aliphatic heterocycles. The zero-order chi connectivity index (χ0) is 14.9. The van der Waals surface area contributed by atoms with Crippen LogP contribution in [0.5, 0.6) is 5.95 Å². The number of aromatic nitrogens is 1. The number of pyridine rings is 1. The van der Waals surface area contributed by atoms with E-state index in [1.807, 2.05) is 13.0 Å². The summed E-state index contributed by atoms with van der Waals surface area (Å²) in [4.78, 5) is 4.95. The molecule has 0 bridgehead atoms. The van der Waals surface area contributed by atoms with Crippen LogP contribution in [0.15, 0.2) is 34.7 Å². The Balaban J connectivity index is 1.95. The minimum Gasteiger partial charge on any atom is -0.465 e. The number of fused-ring (bicyclic) bond motifs is 3. The van der Waals surface area contributed by atoms with Crippen molar-refractivity contribution in [2.75, 3.05) is 6.61 Å². The molecule has 0 atom stereocenters. The van der Waals surface area contributed by atoms with E-state index in [1.54, 1.807) is 0 Å². The first-order chi connectivity index (χ1) is 10.9. The molecule has 0 spiro atoms. The second kappa shape index (κ2) is 5.64. The van der Waals surface area contributed by atoms with Crippen LogP contribution in [0.25, 0.3) is 21.9 Å². The molecule has 1 aliphatic carbocycles. The summed E-state index contributed by atoms with van der Waals surface area (Å²) in [6.45, 7) is 2.59. The van der Waals surface area contributed by atoms with Crippen LogP contribution in [0.1, 0.15) is 50.6 Å². The number of ether oxygens (including phenoxy) is 1. The highest BCUT2D eigenvalue weighted by Gasteiger charge is 2.23. The van der Waals surface area contributed by atoms with E-state index in [0.29, 0.717) is 18.5 Å². The first-order valence-corrected chi connectivity index (χ1v) is 8.32. The number of benzene rings is 1. The highest BCUT2D eigenvalue weighted by Crippen LogP contribution is 2.40. The normalized spacial score (nSPS) is 16.4. The lowest BCUT2D eigenvalue weighted by Crippen LogP contribution is -2.07. The van der Waals surface area contributed by atoms with Gasteiger partial charge in [0, 0.05) is 22.8 Å². The Kier molecular flexibility index (Phi) is 3.49. The van der Waals surface area contributed by atoms with Crippen LogP contribution in [-0.2, 0) is 0 Å². The number of furan rings is 1. The SMILES string of the molecule is CCOc1cc2c(o1)c(C1CCCCC1)nc1ccccc12. The van der Waals surface area contributed by atoms with Crippen molar-refractivity contribution in [3.63, 3.8) is 0 Å². The molecule has 0 unspecified atom stereocenters. The number of hydrogen-bond donors (Lipinski definition) is 0. The zero-order valence-electron chi connectivity index (χ0n) is 13.0. The molecule has 2 aromatic heterocycles. The van der Waals surface area contributed by atoms with Gasteiger partial charge in [-0.05, 0) is 25.8 Å². The van der Waals surface area contributed by atoms with Crippen LogP contribution >= 0.6 is 0 Å². The fourth-order valence-corrected chi connectivity index (χ4v) is 3.60. The van der Waals surface area contributed by atoms with E-state index in [0.717, 1.165) is 27.6 Å². The molecular weight excluding hydrogens is 274 g/mol. The van der Waals surface area contributed by atoms with E-state index in [4.69, 9.17) is 14.1 Å². The molecule has 1 fully saturated rings. The molecule has 1 saturated carbocycles. The molecule has 0 radical (unpaired) electrons. The third-order valence-electron chi connectivity index (χ3n) is 4.66. The van der Waals surface area contributed by atoms with Gasteiger partial charge in [-0.3, -0.25) is 0 Å². The lowest BCUT2D eigenvalue weighted by atomic mass is 9.86. The highest BCUT2D eigenvalue weighted by atomic mass is 16.6. The Labute approximate surface area is 130 Å². The van der Waals surface area contributed by atoms with Crippen molar-refractivity contribution in [1.29, 1.82) is 0 Å². The van der Waals surface area contributed by atoms with Crippen molar-refractivity contribution in [2.24, 2.45) is 0 Å². The van der Waals surface area contributed by atoms with Crippen LogP contribution in [0, 0.1) is 0 Å². The van der Waals surface area contributed by atoms with Crippen LogP contribution in [-0.4, -0.2) is 11.6 Å². The number of nitrogens with zero attached hydrogens (tertiary/aromatic N) is 1. The van der Waals surface area contributed by atoms with E-state index in [9.17, 15) is 0 Å². The van der Waals surface area contributed by atoms with Crippen molar-refractivity contribution in [2.45, 2.75) is 44.9 Å². The molecule has 4 rings (SSSR count). The standard InChI is InChI=1S/C19H21NO2/c1-2-21-17-12-15-14-10-6-7-11-16(14)20-18(19(15)22-17)13-8-4-3-5-9-13/h6-7,10-13H,2-5,8-9H2,1H3. The Morgan fingerprint density at radius 2 is 1.95 bits per heavy atom. The van der Waals surface area contributed by atoms with Crippen LogP contribution < -0.4 is 4.74 Å². The van der Waals surface area contributed by atoms with Gasteiger partial charge in [0.15, 0.2) is 5.58 Å². The molecule has 114 valence electrons. The molecule has 22 heavy (non-hydrogen) atoms. The van der Waals surface area contributed by atoms with E-state index < -0.39 is 0 Å². The van der Waals surface area contributed by atoms with Crippen LogP contribution in [0.4, 0.5) is 0 Å². The monoisotopic (exact) mass is 295 g/mol. The summed E-state index contributed by atoms with van der Waals surface area (Å²) >= 11 is 0. The summed E-state index contributed by atoms with van der Waals surface area (Å²) in [5.74, 6) is 1.12. The Bertz CT molecular complexity index is 800. The van der Waals surface area contributed by atoms with E-state index in [-0.39, 0.29) is 0 Å². The molecule has 3 heteroatoms. The van der Waals surface area contributed by atoms with Crippen LogP contribution in [0.3, 0.4) is 0 Å². The molecule has 3 aromatic rings. The summed E-state index contributed by atoms with van der Waals surface area (Å²) in [6.07, 6.45) is 6.35. The average molecular weight is 295 g/mol. The third-order valence-corrected chi connectivity index (χ3v) is 4.66. The Morgan fingerprint density at radius 1 is 1.14 bits per heavy atom. The van der Waals surface area contributed by atoms with Gasteiger partial charge in [-0.1, -0.05) is 37.5 Å². The molecular formula is C19H21NO2. The molecule has 3 nitrogen and oxygen atoms in total. The second-order valence-electron chi connectivity index (χ2n) is 6.09. The summed E-state index contributed by atoms with van der Waals surface area (Å²) in [5, 5.41) is 2.28. The zero-order valence-corrected chi connectivity index (χ0v) is 13.0. The summed E-state index contributed by atoms with van der Waals surface area (Å²) in [6, 6.07) is 10.3. The molecule has 1 aliphatic rings. The van der Waals surface area contributed by atoms with Crippen molar-refractivity contribution >= 4 is 21.9 Å². The maximum absolute atomic E-state index is 6.02. The largest absolute Gasteiger partial charge is 0.465 e. The van der Waals surface area contributed by atoms with E-state index in [2.05, 4.69) is 24.3 Å². The second-order valence-corrected chi connectivity index (χ2v) is 6.09. The average Bonchev–Trinajstić information content (AvgIpc) is 2.99. The topological polar surface area (TPSA) is 35.3 Å². The maximum Gasteiger partial charge on any atom is 0.285 e. The molecule has 0 saturated heterocycles. The van der Waals surface area contributed by atoms with Gasteiger partial charge in [0.25, 0.3) is 5.95 Å². The van der Waals surface area contributed by atoms with E-state index in [1.165, 1.54) is 32.1 Å². The quantitative estimate of drug-likeness (QED) is 0.646. The van der Waals surface area contributed by atoms with Gasteiger partial charge < -0.3 is 9.15 Å². The van der Waals surface area contributed by atoms with Crippen LogP contribution in [0.2, 0.25) is 0 Å². The highest BCUT2D eigenvalue weighted by molar-refractivity contribution is 6.05. The van der Waals surface area contributed by atoms with Gasteiger partial charge in [0.05, 0.1) is 17.8 Å². The van der Waals surface area contributed by atoms with Gasteiger partial charge in [0.2, 0.25) is 0 Å². The molecule has 1 aromatic carbocycles. The first-order valence-electron chi connectivity index (χ1n) is 8.32. The summed E-state index contributed by atoms with van der Waals surface area (Å²) in [7, 11) is 0. The minimum absolute atomic E-state index is 0.515.